The summed E-state index contributed by atoms with van der Waals surface area (Å²) < 4.78 is 12.8. The predicted octanol–water partition coefficient (Wildman–Crippen LogP) is 4.39. The Morgan fingerprint density at radius 1 is 0.941 bits per heavy atom. The summed E-state index contributed by atoms with van der Waals surface area (Å²) in [4.78, 5) is 0. The predicted molar refractivity (Wildman–Crippen MR) is 70.0 cm³/mol. The lowest BCUT2D eigenvalue weighted by Gasteiger charge is -2.14. The molecule has 0 aliphatic carbocycles. The molecular weight excluding hydrogens is 235 g/mol. The quantitative estimate of drug-likeness (QED) is 0.704. The summed E-state index contributed by atoms with van der Waals surface area (Å²) in [5, 5.41) is 0. The summed E-state index contributed by atoms with van der Waals surface area (Å²) in [6.45, 7) is 0. The summed E-state index contributed by atoms with van der Waals surface area (Å²) in [5.74, 6) is 0.571. The highest BCUT2D eigenvalue weighted by molar-refractivity contribution is 6.18. The molecule has 0 saturated heterocycles. The fraction of sp³-hybridized carbons (Fsp3) is 0.200. The normalized spacial score (nSPS) is 12.4. The second kappa shape index (κ2) is 5.83. The molecule has 0 radical (unpaired) electrons. The van der Waals surface area contributed by atoms with Crippen LogP contribution in [0.25, 0.3) is 0 Å². The summed E-state index contributed by atoms with van der Waals surface area (Å²) >= 11 is 6.00. The van der Waals surface area contributed by atoms with E-state index in [1.54, 1.807) is 0 Å². The molecule has 2 heteroatoms. The zero-order chi connectivity index (χ0) is 12.1. The maximum absolute atomic E-state index is 12.8. The molecule has 0 spiro atoms. The first kappa shape index (κ1) is 12.1. The van der Waals surface area contributed by atoms with Crippen molar-refractivity contribution in [3.05, 3.63) is 71.5 Å². The van der Waals surface area contributed by atoms with Gasteiger partial charge in [0.05, 0.1) is 0 Å². The van der Waals surface area contributed by atoms with Gasteiger partial charge in [-0.05, 0) is 29.7 Å². The van der Waals surface area contributed by atoms with Crippen LogP contribution < -0.4 is 0 Å². The monoisotopic (exact) mass is 248 g/mol. The lowest BCUT2D eigenvalue weighted by Crippen LogP contribution is -2.04. The van der Waals surface area contributed by atoms with Gasteiger partial charge in [-0.15, -0.1) is 11.6 Å². The van der Waals surface area contributed by atoms with Crippen LogP contribution in [-0.2, 0) is 6.42 Å². The molecule has 1 atom stereocenters. The Labute approximate surface area is 106 Å². The van der Waals surface area contributed by atoms with Gasteiger partial charge in [0.25, 0.3) is 0 Å². The van der Waals surface area contributed by atoms with Crippen molar-refractivity contribution in [1.82, 2.24) is 0 Å². The largest absolute Gasteiger partial charge is 0.207 e. The van der Waals surface area contributed by atoms with E-state index >= 15 is 0 Å². The van der Waals surface area contributed by atoms with Crippen LogP contribution in [0.4, 0.5) is 4.39 Å². The second-order valence-corrected chi connectivity index (χ2v) is 4.40. The van der Waals surface area contributed by atoms with Crippen LogP contribution in [0, 0.1) is 5.82 Å². The van der Waals surface area contributed by atoms with E-state index in [1.807, 2.05) is 30.3 Å². The third-order valence-corrected chi connectivity index (χ3v) is 3.23. The van der Waals surface area contributed by atoms with Gasteiger partial charge >= 0.3 is 0 Å². The van der Waals surface area contributed by atoms with E-state index in [-0.39, 0.29) is 11.7 Å². The molecule has 0 saturated carbocycles. The number of halogens is 2. The van der Waals surface area contributed by atoms with Crippen LogP contribution in [0.3, 0.4) is 0 Å². The smallest absolute Gasteiger partial charge is 0.123 e. The van der Waals surface area contributed by atoms with Gasteiger partial charge in [0.1, 0.15) is 5.82 Å². The molecule has 0 amide bonds. The molecule has 0 aliphatic heterocycles. The minimum absolute atomic E-state index is 0.207. The minimum atomic E-state index is -0.207. The van der Waals surface area contributed by atoms with E-state index in [0.29, 0.717) is 5.88 Å². The fourth-order valence-electron chi connectivity index (χ4n) is 1.90. The molecule has 0 N–H and O–H groups in total. The first-order chi connectivity index (χ1) is 8.29. The lowest BCUT2D eigenvalue weighted by molar-refractivity contribution is 0.625. The lowest BCUT2D eigenvalue weighted by atomic mass is 9.94. The van der Waals surface area contributed by atoms with Crippen molar-refractivity contribution in [2.24, 2.45) is 0 Å². The zero-order valence-corrected chi connectivity index (χ0v) is 10.2. The molecule has 2 aromatic carbocycles. The summed E-state index contributed by atoms with van der Waals surface area (Å²) in [5.41, 5.74) is 2.34. The van der Waals surface area contributed by atoms with Gasteiger partial charge in [0.2, 0.25) is 0 Å². The molecule has 0 bridgehead atoms. The number of hydrogen-bond acceptors (Lipinski definition) is 0. The summed E-state index contributed by atoms with van der Waals surface area (Å²) in [6, 6.07) is 16.8. The van der Waals surface area contributed by atoms with Crippen molar-refractivity contribution in [1.29, 1.82) is 0 Å². The van der Waals surface area contributed by atoms with Crippen LogP contribution in [0.5, 0.6) is 0 Å². The first-order valence-electron chi connectivity index (χ1n) is 5.65. The topological polar surface area (TPSA) is 0 Å². The Bertz CT molecular complexity index is 450. The van der Waals surface area contributed by atoms with Gasteiger partial charge in [-0.2, -0.15) is 0 Å². The molecule has 2 rings (SSSR count). The molecule has 0 aliphatic rings. The standard InChI is InChI=1S/C15H14ClF/c16-11-14(10-12-4-2-1-3-5-12)13-6-8-15(17)9-7-13/h1-9,14H,10-11H2. The second-order valence-electron chi connectivity index (χ2n) is 4.09. The van der Waals surface area contributed by atoms with Crippen LogP contribution >= 0.6 is 11.6 Å². The Balaban J connectivity index is 2.14. The van der Waals surface area contributed by atoms with E-state index in [0.717, 1.165) is 12.0 Å². The van der Waals surface area contributed by atoms with Crippen molar-refractivity contribution < 1.29 is 4.39 Å². The summed E-state index contributed by atoms with van der Waals surface area (Å²) in [6.07, 6.45) is 0.885. The van der Waals surface area contributed by atoms with Gasteiger partial charge < -0.3 is 0 Å². The van der Waals surface area contributed by atoms with E-state index in [2.05, 4.69) is 12.1 Å². The number of hydrogen-bond donors (Lipinski definition) is 0. The van der Waals surface area contributed by atoms with Crippen molar-refractivity contribution >= 4 is 11.6 Å². The SMILES string of the molecule is Fc1ccc(C(CCl)Cc2ccccc2)cc1. The third kappa shape index (κ3) is 3.31. The van der Waals surface area contributed by atoms with Gasteiger partial charge in [0, 0.05) is 11.8 Å². The van der Waals surface area contributed by atoms with E-state index in [4.69, 9.17) is 11.6 Å². The molecule has 17 heavy (non-hydrogen) atoms. The Kier molecular flexibility index (Phi) is 4.16. The molecule has 0 aromatic heterocycles. The van der Waals surface area contributed by atoms with Gasteiger partial charge in [0.15, 0.2) is 0 Å². The fourth-order valence-corrected chi connectivity index (χ4v) is 2.18. The zero-order valence-electron chi connectivity index (χ0n) is 9.44. The molecule has 88 valence electrons. The van der Waals surface area contributed by atoms with Gasteiger partial charge in [-0.25, -0.2) is 4.39 Å². The number of benzene rings is 2. The highest BCUT2D eigenvalue weighted by Crippen LogP contribution is 2.22. The van der Waals surface area contributed by atoms with Crippen molar-refractivity contribution in [3.63, 3.8) is 0 Å². The van der Waals surface area contributed by atoms with Gasteiger partial charge in [-0.3, -0.25) is 0 Å². The minimum Gasteiger partial charge on any atom is -0.207 e. The molecule has 1 unspecified atom stereocenters. The first-order valence-corrected chi connectivity index (χ1v) is 6.18. The third-order valence-electron chi connectivity index (χ3n) is 2.85. The van der Waals surface area contributed by atoms with Crippen LogP contribution in [0.1, 0.15) is 17.0 Å². The highest BCUT2D eigenvalue weighted by atomic mass is 35.5. The molecule has 0 heterocycles. The van der Waals surface area contributed by atoms with Gasteiger partial charge in [-0.1, -0.05) is 42.5 Å². The van der Waals surface area contributed by atoms with E-state index in [9.17, 15) is 4.39 Å². The maximum atomic E-state index is 12.8. The average Bonchev–Trinajstić information content (AvgIpc) is 2.38. The van der Waals surface area contributed by atoms with Crippen molar-refractivity contribution in [2.75, 3.05) is 5.88 Å². The summed E-state index contributed by atoms with van der Waals surface area (Å²) in [7, 11) is 0. The molecule has 0 fully saturated rings. The average molecular weight is 249 g/mol. The van der Waals surface area contributed by atoms with Crippen LogP contribution in [0.2, 0.25) is 0 Å². The Morgan fingerprint density at radius 3 is 2.18 bits per heavy atom. The van der Waals surface area contributed by atoms with Crippen LogP contribution in [-0.4, -0.2) is 5.88 Å². The van der Waals surface area contributed by atoms with Crippen molar-refractivity contribution in [3.8, 4) is 0 Å². The Hall–Kier alpha value is -1.34. The Morgan fingerprint density at radius 2 is 1.59 bits per heavy atom. The molecule has 2 aromatic rings. The van der Waals surface area contributed by atoms with Crippen molar-refractivity contribution in [2.45, 2.75) is 12.3 Å². The molecular formula is C15H14ClF. The maximum Gasteiger partial charge on any atom is 0.123 e. The van der Waals surface area contributed by atoms with E-state index < -0.39 is 0 Å². The highest BCUT2D eigenvalue weighted by Gasteiger charge is 2.11. The number of alkyl halides is 1. The number of rotatable bonds is 4. The van der Waals surface area contributed by atoms with Crippen LogP contribution in [0.15, 0.2) is 54.6 Å². The molecule has 0 nitrogen and oxygen atoms in total. The van der Waals surface area contributed by atoms with E-state index in [1.165, 1.54) is 17.7 Å².